The molecule has 0 amide bonds. The predicted octanol–water partition coefficient (Wildman–Crippen LogP) is 1.92. The maximum atomic E-state index is 11.8. The number of hydrogen-bond acceptors (Lipinski definition) is 3. The minimum absolute atomic E-state index is 0.274. The van der Waals surface area contributed by atoms with E-state index in [1.807, 2.05) is 6.08 Å². The first-order valence-electron chi connectivity index (χ1n) is 6.78. The molecule has 3 rings (SSSR count). The fraction of sp³-hybridized carbons (Fsp3) is 0.643. The summed E-state index contributed by atoms with van der Waals surface area (Å²) in [7, 11) is 0. The van der Waals surface area contributed by atoms with Crippen LogP contribution < -0.4 is 0 Å². The SMILES string of the molecule is O=C1C=C(N2CCCC2)C=C(N2CCCC2)C1. The van der Waals surface area contributed by atoms with Gasteiger partial charge >= 0.3 is 0 Å². The second kappa shape index (κ2) is 4.55. The number of allylic oxidation sites excluding steroid dienone is 3. The molecule has 3 nitrogen and oxygen atoms in total. The van der Waals surface area contributed by atoms with Crippen LogP contribution in [0.15, 0.2) is 23.5 Å². The van der Waals surface area contributed by atoms with Gasteiger partial charge in [0.05, 0.1) is 6.42 Å². The van der Waals surface area contributed by atoms with Crippen LogP contribution >= 0.6 is 0 Å². The van der Waals surface area contributed by atoms with Gasteiger partial charge in [0.25, 0.3) is 0 Å². The zero-order valence-electron chi connectivity index (χ0n) is 10.3. The highest BCUT2D eigenvalue weighted by atomic mass is 16.1. The molecule has 0 aromatic carbocycles. The molecule has 2 saturated heterocycles. The molecule has 0 unspecified atom stereocenters. The summed E-state index contributed by atoms with van der Waals surface area (Å²) in [4.78, 5) is 16.6. The van der Waals surface area contributed by atoms with Crippen LogP contribution in [0.3, 0.4) is 0 Å². The summed E-state index contributed by atoms with van der Waals surface area (Å²) in [5.41, 5.74) is 2.40. The molecule has 0 atom stereocenters. The van der Waals surface area contributed by atoms with E-state index in [2.05, 4.69) is 15.9 Å². The van der Waals surface area contributed by atoms with E-state index < -0.39 is 0 Å². The highest BCUT2D eigenvalue weighted by Crippen LogP contribution is 2.26. The van der Waals surface area contributed by atoms with Crippen molar-refractivity contribution in [2.24, 2.45) is 0 Å². The molecule has 92 valence electrons. The molecule has 3 heteroatoms. The number of nitrogens with zero attached hydrogens (tertiary/aromatic N) is 2. The van der Waals surface area contributed by atoms with Gasteiger partial charge in [0, 0.05) is 43.6 Å². The molecule has 2 fully saturated rings. The van der Waals surface area contributed by atoms with Crippen LogP contribution in [0, 0.1) is 0 Å². The van der Waals surface area contributed by atoms with E-state index in [1.165, 1.54) is 31.4 Å². The van der Waals surface area contributed by atoms with E-state index in [4.69, 9.17) is 0 Å². The molecule has 0 bridgehead atoms. The first-order valence-corrected chi connectivity index (χ1v) is 6.78. The monoisotopic (exact) mass is 232 g/mol. The van der Waals surface area contributed by atoms with E-state index in [9.17, 15) is 4.79 Å². The summed E-state index contributed by atoms with van der Waals surface area (Å²) in [6.07, 6.45) is 9.76. The van der Waals surface area contributed by atoms with Gasteiger partial charge in [-0.1, -0.05) is 0 Å². The molecule has 0 spiro atoms. The van der Waals surface area contributed by atoms with Crippen LogP contribution in [0.4, 0.5) is 0 Å². The molecule has 2 heterocycles. The molecule has 0 aromatic heterocycles. The third kappa shape index (κ3) is 2.24. The van der Waals surface area contributed by atoms with Crippen molar-refractivity contribution in [3.05, 3.63) is 23.5 Å². The molecule has 0 N–H and O–H groups in total. The van der Waals surface area contributed by atoms with Crippen molar-refractivity contribution in [1.29, 1.82) is 0 Å². The summed E-state index contributed by atoms with van der Waals surface area (Å²) in [5.74, 6) is 0.274. The Bertz CT molecular complexity index is 372. The average molecular weight is 232 g/mol. The Kier molecular flexibility index (Phi) is 2.91. The minimum Gasteiger partial charge on any atom is -0.374 e. The molecule has 0 aromatic rings. The van der Waals surface area contributed by atoms with Crippen LogP contribution in [0.2, 0.25) is 0 Å². The first-order chi connectivity index (χ1) is 8.33. The quantitative estimate of drug-likeness (QED) is 0.726. The molecule has 0 radical (unpaired) electrons. The lowest BCUT2D eigenvalue weighted by molar-refractivity contribution is -0.114. The standard InChI is InChI=1S/C14H20N2O/c17-14-10-12(15-5-1-2-6-15)9-13(11-14)16-7-3-4-8-16/h9-10H,1-8,11H2. The van der Waals surface area contributed by atoms with Gasteiger partial charge in [-0.3, -0.25) is 4.79 Å². The summed E-state index contributed by atoms with van der Waals surface area (Å²) >= 11 is 0. The lowest BCUT2D eigenvalue weighted by atomic mass is 10.1. The van der Waals surface area contributed by atoms with E-state index in [-0.39, 0.29) is 5.78 Å². The third-order valence-corrected chi connectivity index (χ3v) is 3.96. The first kappa shape index (κ1) is 10.9. The fourth-order valence-corrected chi connectivity index (χ4v) is 3.02. The smallest absolute Gasteiger partial charge is 0.163 e. The number of rotatable bonds is 2. The Hall–Kier alpha value is -1.25. The van der Waals surface area contributed by atoms with E-state index in [0.717, 1.165) is 31.9 Å². The maximum Gasteiger partial charge on any atom is 0.163 e. The molecular formula is C14H20N2O. The summed E-state index contributed by atoms with van der Waals surface area (Å²) < 4.78 is 0. The summed E-state index contributed by atoms with van der Waals surface area (Å²) in [5, 5.41) is 0. The topological polar surface area (TPSA) is 23.6 Å². The second-order valence-electron chi connectivity index (χ2n) is 5.24. The summed E-state index contributed by atoms with van der Waals surface area (Å²) in [6.45, 7) is 4.49. The minimum atomic E-state index is 0.274. The number of ketones is 1. The van der Waals surface area contributed by atoms with E-state index in [0.29, 0.717) is 6.42 Å². The maximum absolute atomic E-state index is 11.8. The largest absolute Gasteiger partial charge is 0.374 e. The Balaban J connectivity index is 1.79. The number of hydrogen-bond donors (Lipinski definition) is 0. The zero-order chi connectivity index (χ0) is 11.7. The van der Waals surface area contributed by atoms with Crippen molar-refractivity contribution >= 4 is 5.78 Å². The molecule has 0 saturated carbocycles. The van der Waals surface area contributed by atoms with Crippen molar-refractivity contribution in [2.45, 2.75) is 32.1 Å². The Morgan fingerprint density at radius 1 is 0.824 bits per heavy atom. The Labute approximate surface area is 103 Å². The fourth-order valence-electron chi connectivity index (χ4n) is 3.02. The van der Waals surface area contributed by atoms with E-state index >= 15 is 0 Å². The molecule has 2 aliphatic heterocycles. The van der Waals surface area contributed by atoms with Gasteiger partial charge in [-0.2, -0.15) is 0 Å². The number of likely N-dealkylation sites (tertiary alicyclic amines) is 2. The lowest BCUT2D eigenvalue weighted by Crippen LogP contribution is -2.26. The van der Waals surface area contributed by atoms with Gasteiger partial charge in [0.1, 0.15) is 0 Å². The van der Waals surface area contributed by atoms with Gasteiger partial charge in [-0.15, -0.1) is 0 Å². The van der Waals surface area contributed by atoms with Crippen molar-refractivity contribution in [1.82, 2.24) is 9.80 Å². The van der Waals surface area contributed by atoms with Crippen LogP contribution in [-0.2, 0) is 4.79 Å². The summed E-state index contributed by atoms with van der Waals surface area (Å²) in [6, 6.07) is 0. The van der Waals surface area contributed by atoms with Gasteiger partial charge in [-0.05, 0) is 31.8 Å². The normalized spacial score (nSPS) is 25.3. The average Bonchev–Trinajstić information content (AvgIpc) is 3.02. The molecule has 1 aliphatic carbocycles. The van der Waals surface area contributed by atoms with Gasteiger partial charge in [0.15, 0.2) is 5.78 Å². The van der Waals surface area contributed by atoms with Crippen molar-refractivity contribution in [3.63, 3.8) is 0 Å². The Morgan fingerprint density at radius 3 is 2.06 bits per heavy atom. The molecular weight excluding hydrogens is 212 g/mol. The van der Waals surface area contributed by atoms with E-state index in [1.54, 1.807) is 0 Å². The third-order valence-electron chi connectivity index (χ3n) is 3.96. The van der Waals surface area contributed by atoms with Crippen molar-refractivity contribution in [3.8, 4) is 0 Å². The zero-order valence-corrected chi connectivity index (χ0v) is 10.3. The van der Waals surface area contributed by atoms with Crippen molar-refractivity contribution in [2.75, 3.05) is 26.2 Å². The highest BCUT2D eigenvalue weighted by Gasteiger charge is 2.23. The lowest BCUT2D eigenvalue weighted by Gasteiger charge is -2.27. The highest BCUT2D eigenvalue weighted by molar-refractivity contribution is 5.93. The van der Waals surface area contributed by atoms with Crippen LogP contribution in [0.1, 0.15) is 32.1 Å². The van der Waals surface area contributed by atoms with Crippen LogP contribution in [0.5, 0.6) is 0 Å². The number of carbonyl (C=O) groups excluding carboxylic acids is 1. The molecule has 3 aliphatic rings. The Morgan fingerprint density at radius 2 is 1.41 bits per heavy atom. The van der Waals surface area contributed by atoms with Crippen LogP contribution in [-0.4, -0.2) is 41.8 Å². The number of carbonyl (C=O) groups is 1. The van der Waals surface area contributed by atoms with Gasteiger partial charge < -0.3 is 9.80 Å². The predicted molar refractivity (Wildman–Crippen MR) is 67.4 cm³/mol. The van der Waals surface area contributed by atoms with Crippen LogP contribution in [0.25, 0.3) is 0 Å². The van der Waals surface area contributed by atoms with Crippen molar-refractivity contribution < 1.29 is 4.79 Å². The van der Waals surface area contributed by atoms with Gasteiger partial charge in [0.2, 0.25) is 0 Å². The second-order valence-corrected chi connectivity index (χ2v) is 5.24. The molecule has 17 heavy (non-hydrogen) atoms. The van der Waals surface area contributed by atoms with Gasteiger partial charge in [-0.25, -0.2) is 0 Å².